The monoisotopic (exact) mass is 305 g/mol. The molecule has 0 bridgehead atoms. The molecular weight excluding hydrogens is 290 g/mol. The summed E-state index contributed by atoms with van der Waals surface area (Å²) in [5, 5.41) is 10.4. The van der Waals surface area contributed by atoms with E-state index in [0.29, 0.717) is 6.42 Å². The zero-order valence-corrected chi connectivity index (χ0v) is 11.8. The van der Waals surface area contributed by atoms with Gasteiger partial charge in [0.1, 0.15) is 9.77 Å². The second kappa shape index (κ2) is 6.00. The Labute approximate surface area is 115 Å². The molecule has 1 aromatic rings. The molecule has 19 heavy (non-hydrogen) atoms. The number of aromatic carboxylic acids is 1. The van der Waals surface area contributed by atoms with Gasteiger partial charge < -0.3 is 9.84 Å². The first kappa shape index (κ1) is 14.4. The lowest BCUT2D eigenvalue weighted by molar-refractivity contribution is 0.0698. The zero-order chi connectivity index (χ0) is 13.9. The zero-order valence-electron chi connectivity index (χ0n) is 10.2. The molecule has 1 aliphatic rings. The van der Waals surface area contributed by atoms with Gasteiger partial charge in [-0.15, -0.1) is 11.3 Å². The van der Waals surface area contributed by atoms with Crippen LogP contribution in [0.15, 0.2) is 16.3 Å². The van der Waals surface area contributed by atoms with Gasteiger partial charge in [-0.1, -0.05) is 0 Å². The Morgan fingerprint density at radius 1 is 1.58 bits per heavy atom. The average Bonchev–Trinajstić information content (AvgIpc) is 2.99. The second-order valence-corrected chi connectivity index (χ2v) is 6.89. The first-order valence-corrected chi connectivity index (χ1v) is 8.29. The van der Waals surface area contributed by atoms with Gasteiger partial charge in [0.05, 0.1) is 6.10 Å². The van der Waals surface area contributed by atoms with Crippen LogP contribution in [0.1, 0.15) is 28.9 Å². The molecule has 8 heteroatoms. The molecule has 0 aromatic carbocycles. The van der Waals surface area contributed by atoms with Crippen molar-refractivity contribution >= 4 is 27.3 Å². The summed E-state index contributed by atoms with van der Waals surface area (Å²) in [5.41, 5.74) is 0. The highest BCUT2D eigenvalue weighted by molar-refractivity contribution is 7.89. The standard InChI is InChI=1S/C11H15NO5S2/c13-11(14)10-9(4-7-18-10)19(15,16)12-5-3-8-2-1-6-17-8/h4,7-8,12H,1-3,5-6H2,(H,13,14). The third-order valence-electron chi connectivity index (χ3n) is 2.90. The highest BCUT2D eigenvalue weighted by atomic mass is 32.2. The lowest BCUT2D eigenvalue weighted by Gasteiger charge is -2.10. The Balaban J connectivity index is 1.97. The van der Waals surface area contributed by atoms with E-state index in [0.717, 1.165) is 30.8 Å². The molecule has 106 valence electrons. The molecule has 0 spiro atoms. The van der Waals surface area contributed by atoms with Gasteiger partial charge in [-0.25, -0.2) is 17.9 Å². The van der Waals surface area contributed by atoms with Gasteiger partial charge in [0, 0.05) is 13.2 Å². The lowest BCUT2D eigenvalue weighted by Crippen LogP contribution is -2.28. The number of ether oxygens (including phenoxy) is 1. The summed E-state index contributed by atoms with van der Waals surface area (Å²) >= 11 is 0.900. The van der Waals surface area contributed by atoms with E-state index in [1.807, 2.05) is 0 Å². The number of carboxylic acid groups (broad SMARTS) is 1. The average molecular weight is 305 g/mol. The van der Waals surface area contributed by atoms with E-state index in [9.17, 15) is 13.2 Å². The highest BCUT2D eigenvalue weighted by Crippen LogP contribution is 2.22. The molecule has 0 saturated carbocycles. The summed E-state index contributed by atoms with van der Waals surface area (Å²) < 4.78 is 31.8. The van der Waals surface area contributed by atoms with Crippen LogP contribution < -0.4 is 4.72 Å². The minimum atomic E-state index is -3.76. The van der Waals surface area contributed by atoms with Gasteiger partial charge in [0.25, 0.3) is 0 Å². The summed E-state index contributed by atoms with van der Waals surface area (Å²) in [6.45, 7) is 0.979. The van der Waals surface area contributed by atoms with Crippen molar-refractivity contribution in [2.24, 2.45) is 0 Å². The molecule has 6 nitrogen and oxygen atoms in total. The van der Waals surface area contributed by atoms with Crippen molar-refractivity contribution in [1.29, 1.82) is 0 Å². The Morgan fingerprint density at radius 3 is 3.00 bits per heavy atom. The summed E-state index contributed by atoms with van der Waals surface area (Å²) in [6, 6.07) is 1.31. The molecule has 1 atom stereocenters. The molecule has 1 aliphatic heterocycles. The normalized spacial score (nSPS) is 19.7. The first-order valence-electron chi connectivity index (χ1n) is 5.93. The van der Waals surface area contributed by atoms with E-state index in [1.165, 1.54) is 11.4 Å². The smallest absolute Gasteiger partial charge is 0.347 e. The Bertz CT molecular complexity index is 545. The number of carboxylic acids is 1. The van der Waals surface area contributed by atoms with Crippen LogP contribution in [-0.2, 0) is 14.8 Å². The van der Waals surface area contributed by atoms with E-state index in [2.05, 4.69) is 4.72 Å². The van der Waals surface area contributed by atoms with Crippen LogP contribution in [-0.4, -0.2) is 38.7 Å². The quantitative estimate of drug-likeness (QED) is 0.826. The van der Waals surface area contributed by atoms with Crippen LogP contribution >= 0.6 is 11.3 Å². The van der Waals surface area contributed by atoms with Gasteiger partial charge >= 0.3 is 5.97 Å². The summed E-state index contributed by atoms with van der Waals surface area (Å²) in [6.07, 6.45) is 2.65. The molecule has 1 fully saturated rings. The Kier molecular flexibility index (Phi) is 4.56. The molecule has 0 radical (unpaired) electrons. The predicted octanol–water partition coefficient (Wildman–Crippen LogP) is 1.29. The van der Waals surface area contributed by atoms with Crippen LogP contribution in [0.3, 0.4) is 0 Å². The third-order valence-corrected chi connectivity index (χ3v) is 5.43. The first-order chi connectivity index (χ1) is 9.00. The largest absolute Gasteiger partial charge is 0.477 e. The highest BCUT2D eigenvalue weighted by Gasteiger charge is 2.24. The van der Waals surface area contributed by atoms with E-state index >= 15 is 0 Å². The molecule has 1 unspecified atom stereocenters. The molecule has 1 saturated heterocycles. The number of hydrogen-bond donors (Lipinski definition) is 2. The minimum Gasteiger partial charge on any atom is -0.477 e. The van der Waals surface area contributed by atoms with Gasteiger partial charge in [-0.3, -0.25) is 0 Å². The maximum absolute atomic E-state index is 12.0. The van der Waals surface area contributed by atoms with Gasteiger partial charge in [-0.2, -0.15) is 0 Å². The van der Waals surface area contributed by atoms with Gasteiger partial charge in [0.2, 0.25) is 10.0 Å². The summed E-state index contributed by atoms with van der Waals surface area (Å²) in [4.78, 5) is 10.6. The molecule has 2 N–H and O–H groups in total. The molecule has 2 rings (SSSR count). The van der Waals surface area contributed by atoms with Crippen LogP contribution in [0.4, 0.5) is 0 Å². The van der Waals surface area contributed by atoms with Gasteiger partial charge in [-0.05, 0) is 30.7 Å². The summed E-state index contributed by atoms with van der Waals surface area (Å²) in [5.74, 6) is -1.23. The second-order valence-electron chi connectivity index (χ2n) is 4.24. The Morgan fingerprint density at radius 2 is 2.37 bits per heavy atom. The van der Waals surface area contributed by atoms with Crippen molar-refractivity contribution in [2.45, 2.75) is 30.3 Å². The number of hydrogen-bond acceptors (Lipinski definition) is 5. The number of thiophene rings is 1. The van der Waals surface area contributed by atoms with Crippen LogP contribution in [0.25, 0.3) is 0 Å². The van der Waals surface area contributed by atoms with E-state index in [1.54, 1.807) is 0 Å². The Hall–Kier alpha value is -0.960. The van der Waals surface area contributed by atoms with Crippen molar-refractivity contribution < 1.29 is 23.1 Å². The SMILES string of the molecule is O=C(O)c1sccc1S(=O)(=O)NCCC1CCCO1. The van der Waals surface area contributed by atoms with E-state index in [4.69, 9.17) is 9.84 Å². The fourth-order valence-corrected chi connectivity index (χ4v) is 4.27. The number of sulfonamides is 1. The fourth-order valence-electron chi connectivity index (χ4n) is 1.97. The van der Waals surface area contributed by atoms with Crippen LogP contribution in [0.5, 0.6) is 0 Å². The molecular formula is C11H15NO5S2. The molecule has 0 amide bonds. The molecule has 1 aromatic heterocycles. The maximum Gasteiger partial charge on any atom is 0.347 e. The third kappa shape index (κ3) is 3.53. The fraction of sp³-hybridized carbons (Fsp3) is 0.545. The molecule has 2 heterocycles. The van der Waals surface area contributed by atoms with Crippen molar-refractivity contribution in [3.05, 3.63) is 16.3 Å². The maximum atomic E-state index is 12.0. The minimum absolute atomic E-state index is 0.101. The van der Waals surface area contributed by atoms with Crippen LogP contribution in [0.2, 0.25) is 0 Å². The van der Waals surface area contributed by atoms with Crippen molar-refractivity contribution in [3.8, 4) is 0 Å². The van der Waals surface area contributed by atoms with E-state index in [-0.39, 0.29) is 22.4 Å². The molecule has 0 aliphatic carbocycles. The van der Waals surface area contributed by atoms with Crippen molar-refractivity contribution in [3.63, 3.8) is 0 Å². The predicted molar refractivity (Wildman–Crippen MR) is 70.1 cm³/mol. The van der Waals surface area contributed by atoms with Crippen LogP contribution in [0, 0.1) is 0 Å². The van der Waals surface area contributed by atoms with Crippen molar-refractivity contribution in [2.75, 3.05) is 13.2 Å². The topological polar surface area (TPSA) is 92.7 Å². The number of nitrogens with one attached hydrogen (secondary N) is 1. The van der Waals surface area contributed by atoms with E-state index < -0.39 is 16.0 Å². The summed E-state index contributed by atoms with van der Waals surface area (Å²) in [7, 11) is -3.76. The number of rotatable bonds is 6. The van der Waals surface area contributed by atoms with Crippen molar-refractivity contribution in [1.82, 2.24) is 4.72 Å². The lowest BCUT2D eigenvalue weighted by atomic mass is 10.2. The number of carbonyl (C=O) groups is 1. The van der Waals surface area contributed by atoms with Gasteiger partial charge in [0.15, 0.2) is 0 Å².